The first-order valence-corrected chi connectivity index (χ1v) is 11.7. The minimum atomic E-state index is -0.399. The molecule has 0 saturated carbocycles. The number of cyclic esters (lactones) is 1. The van der Waals surface area contributed by atoms with Gasteiger partial charge in [0, 0.05) is 25.7 Å². The summed E-state index contributed by atoms with van der Waals surface area (Å²) in [5, 5.41) is 2.68. The number of ether oxygens (including phenoxy) is 2. The Morgan fingerprint density at radius 1 is 1.06 bits per heavy atom. The molecule has 2 fully saturated rings. The van der Waals surface area contributed by atoms with Crippen molar-refractivity contribution < 1.29 is 23.9 Å². The van der Waals surface area contributed by atoms with Gasteiger partial charge in [0.25, 0.3) is 0 Å². The second-order valence-corrected chi connectivity index (χ2v) is 8.78. The Bertz CT molecular complexity index is 987. The number of hydrogen-bond donors (Lipinski definition) is 1. The minimum Gasteiger partial charge on any atom is -0.442 e. The van der Waals surface area contributed by atoms with Crippen molar-refractivity contribution in [3.05, 3.63) is 65.7 Å². The Morgan fingerprint density at radius 2 is 1.76 bits per heavy atom. The van der Waals surface area contributed by atoms with Crippen molar-refractivity contribution in [3.8, 4) is 0 Å². The van der Waals surface area contributed by atoms with Crippen LogP contribution in [0.5, 0.6) is 0 Å². The predicted octanol–water partition coefficient (Wildman–Crippen LogP) is 3.07. The number of hydrogen-bond acceptors (Lipinski definition) is 5. The highest BCUT2D eigenvalue weighted by Gasteiger charge is 2.32. The second-order valence-electron chi connectivity index (χ2n) is 8.78. The third kappa shape index (κ3) is 6.14. The lowest BCUT2D eigenvalue weighted by molar-refractivity contribution is -0.137. The van der Waals surface area contributed by atoms with Crippen molar-refractivity contribution in [2.24, 2.45) is 0 Å². The van der Waals surface area contributed by atoms with Crippen LogP contribution >= 0.6 is 0 Å². The van der Waals surface area contributed by atoms with Crippen molar-refractivity contribution in [1.82, 2.24) is 10.2 Å². The monoisotopic (exact) mass is 465 g/mol. The molecule has 2 aromatic rings. The summed E-state index contributed by atoms with van der Waals surface area (Å²) >= 11 is 0. The van der Waals surface area contributed by atoms with Crippen molar-refractivity contribution >= 4 is 23.6 Å². The first-order chi connectivity index (χ1) is 16.5. The molecule has 1 N–H and O–H groups in total. The van der Waals surface area contributed by atoms with Crippen molar-refractivity contribution in [3.63, 3.8) is 0 Å². The molecule has 0 radical (unpaired) electrons. The van der Waals surface area contributed by atoms with E-state index >= 15 is 0 Å². The molecular weight excluding hydrogens is 434 g/mol. The van der Waals surface area contributed by atoms with E-state index in [1.165, 1.54) is 12.5 Å². The average Bonchev–Trinajstić information content (AvgIpc) is 3.24. The fourth-order valence-electron chi connectivity index (χ4n) is 4.41. The number of carbonyl (C=O) groups excluding carboxylic acids is 3. The Balaban J connectivity index is 1.23. The molecule has 4 rings (SSSR count). The number of anilines is 1. The Kier molecular flexibility index (Phi) is 7.80. The largest absolute Gasteiger partial charge is 0.442 e. The van der Waals surface area contributed by atoms with E-state index in [1.807, 2.05) is 47.4 Å². The quantitative estimate of drug-likeness (QED) is 0.647. The topological polar surface area (TPSA) is 88.2 Å². The zero-order valence-corrected chi connectivity index (χ0v) is 19.4. The molecule has 0 bridgehead atoms. The molecule has 1 atom stereocenters. The summed E-state index contributed by atoms with van der Waals surface area (Å²) < 4.78 is 10.9. The van der Waals surface area contributed by atoms with E-state index in [0.717, 1.165) is 24.1 Å². The van der Waals surface area contributed by atoms with Gasteiger partial charge in [-0.2, -0.15) is 0 Å². The van der Waals surface area contributed by atoms with Gasteiger partial charge in [-0.1, -0.05) is 42.5 Å². The third-order valence-electron chi connectivity index (χ3n) is 6.31. The van der Waals surface area contributed by atoms with Crippen LogP contribution in [0.3, 0.4) is 0 Å². The van der Waals surface area contributed by atoms with Crippen LogP contribution in [0, 0.1) is 0 Å². The highest BCUT2D eigenvalue weighted by atomic mass is 16.6. The average molecular weight is 466 g/mol. The fraction of sp³-hybridized carbons (Fsp3) is 0.423. The van der Waals surface area contributed by atoms with Crippen LogP contribution in [-0.2, 0) is 25.7 Å². The van der Waals surface area contributed by atoms with Gasteiger partial charge in [0.15, 0.2) is 0 Å². The van der Waals surface area contributed by atoms with Crippen LogP contribution < -0.4 is 10.2 Å². The van der Waals surface area contributed by atoms with Crippen LogP contribution in [0.2, 0.25) is 0 Å². The van der Waals surface area contributed by atoms with E-state index in [4.69, 9.17) is 9.47 Å². The molecule has 2 heterocycles. The third-order valence-corrected chi connectivity index (χ3v) is 6.31. The number of piperidine rings is 1. The summed E-state index contributed by atoms with van der Waals surface area (Å²) in [6, 6.07) is 17.8. The first kappa shape index (κ1) is 23.8. The lowest BCUT2D eigenvalue weighted by Crippen LogP contribution is -2.39. The number of likely N-dealkylation sites (tertiary alicyclic amines) is 1. The van der Waals surface area contributed by atoms with E-state index in [2.05, 4.69) is 17.4 Å². The van der Waals surface area contributed by atoms with Crippen molar-refractivity contribution in [1.29, 1.82) is 0 Å². The van der Waals surface area contributed by atoms with Crippen LogP contribution in [-0.4, -0.2) is 61.7 Å². The first-order valence-electron chi connectivity index (χ1n) is 11.7. The lowest BCUT2D eigenvalue weighted by Gasteiger charge is -2.32. The Hall–Kier alpha value is -3.39. The van der Waals surface area contributed by atoms with Crippen molar-refractivity contribution in [2.75, 3.05) is 37.7 Å². The lowest BCUT2D eigenvalue weighted by atomic mass is 9.89. The Labute approximate surface area is 199 Å². The second kappa shape index (κ2) is 11.2. The molecule has 180 valence electrons. The van der Waals surface area contributed by atoms with E-state index in [1.54, 1.807) is 4.90 Å². The molecule has 2 aromatic carbocycles. The molecule has 3 amide bonds. The number of benzene rings is 2. The molecule has 0 unspecified atom stereocenters. The van der Waals surface area contributed by atoms with Gasteiger partial charge in [-0.3, -0.25) is 14.5 Å². The fourth-order valence-corrected chi connectivity index (χ4v) is 4.41. The van der Waals surface area contributed by atoms with E-state index in [9.17, 15) is 14.4 Å². The van der Waals surface area contributed by atoms with E-state index < -0.39 is 6.09 Å². The molecule has 2 aliphatic rings. The SMILES string of the molecule is CC(=O)NC[C@H]1CN(c2ccc(C3CCN(C(=O)COCc4ccccc4)CC3)cc2)C(=O)O1. The summed E-state index contributed by atoms with van der Waals surface area (Å²) in [4.78, 5) is 39.3. The molecule has 8 nitrogen and oxygen atoms in total. The standard InChI is InChI=1S/C26H31N3O5/c1-19(30)27-15-24-16-29(26(32)34-24)23-9-7-21(8-10-23)22-11-13-28(14-12-22)25(31)18-33-17-20-5-3-2-4-6-20/h2-10,22,24H,11-18H2,1H3,(H,27,30)/t24-/m0/s1. The molecule has 2 saturated heterocycles. The Morgan fingerprint density at radius 3 is 2.44 bits per heavy atom. The summed E-state index contributed by atoms with van der Waals surface area (Å²) in [6.45, 7) is 4.12. The number of nitrogens with one attached hydrogen (secondary N) is 1. The van der Waals surface area contributed by atoms with Crippen LogP contribution in [0.1, 0.15) is 36.8 Å². The van der Waals surface area contributed by atoms with Gasteiger partial charge in [0.05, 0.1) is 19.7 Å². The summed E-state index contributed by atoms with van der Waals surface area (Å²) in [6.07, 6.45) is 1.04. The maximum absolute atomic E-state index is 12.5. The molecule has 34 heavy (non-hydrogen) atoms. The van der Waals surface area contributed by atoms with Gasteiger partial charge >= 0.3 is 6.09 Å². The molecule has 8 heteroatoms. The van der Waals surface area contributed by atoms with E-state index in [-0.39, 0.29) is 24.5 Å². The van der Waals surface area contributed by atoms with E-state index in [0.29, 0.717) is 38.7 Å². The number of rotatable bonds is 8. The number of nitrogens with zero attached hydrogens (tertiary/aromatic N) is 2. The van der Waals surface area contributed by atoms with Crippen LogP contribution in [0.4, 0.5) is 10.5 Å². The van der Waals surface area contributed by atoms with Gasteiger partial charge in [0.2, 0.25) is 11.8 Å². The number of carbonyl (C=O) groups is 3. The van der Waals surface area contributed by atoms with Crippen LogP contribution in [0.15, 0.2) is 54.6 Å². The zero-order valence-electron chi connectivity index (χ0n) is 19.4. The van der Waals surface area contributed by atoms with Gasteiger partial charge in [0.1, 0.15) is 12.7 Å². The predicted molar refractivity (Wildman–Crippen MR) is 127 cm³/mol. The van der Waals surface area contributed by atoms with Gasteiger partial charge in [-0.15, -0.1) is 0 Å². The molecule has 0 aromatic heterocycles. The maximum Gasteiger partial charge on any atom is 0.414 e. The van der Waals surface area contributed by atoms with Crippen LogP contribution in [0.25, 0.3) is 0 Å². The zero-order chi connectivity index (χ0) is 23.9. The summed E-state index contributed by atoms with van der Waals surface area (Å²) in [5.41, 5.74) is 3.05. The van der Waals surface area contributed by atoms with Gasteiger partial charge in [-0.05, 0) is 42.0 Å². The summed E-state index contributed by atoms with van der Waals surface area (Å²) in [5.74, 6) is 0.263. The summed E-state index contributed by atoms with van der Waals surface area (Å²) in [7, 11) is 0. The highest BCUT2D eigenvalue weighted by Crippen LogP contribution is 2.30. The molecule has 0 aliphatic carbocycles. The minimum absolute atomic E-state index is 0.0334. The normalized spacial score (nSPS) is 18.6. The molecule has 2 aliphatic heterocycles. The molecular formula is C26H31N3O5. The highest BCUT2D eigenvalue weighted by molar-refractivity contribution is 5.89. The number of amides is 3. The maximum atomic E-state index is 12.5. The molecule has 0 spiro atoms. The van der Waals surface area contributed by atoms with Gasteiger partial charge < -0.3 is 19.7 Å². The van der Waals surface area contributed by atoms with Crippen molar-refractivity contribution in [2.45, 2.75) is 38.4 Å². The smallest absolute Gasteiger partial charge is 0.414 e. The van der Waals surface area contributed by atoms with Gasteiger partial charge in [-0.25, -0.2) is 4.79 Å².